The van der Waals surface area contributed by atoms with E-state index in [1.54, 1.807) is 13.0 Å². The summed E-state index contributed by atoms with van der Waals surface area (Å²) in [6, 6.07) is 7.86. The lowest BCUT2D eigenvalue weighted by molar-refractivity contribution is -0.125. The molecule has 0 aliphatic rings. The Hall–Kier alpha value is -2.47. The number of ether oxygens (including phenoxy) is 1. The Kier molecular flexibility index (Phi) is 4.84. The number of anilines is 1. The van der Waals surface area contributed by atoms with Crippen molar-refractivity contribution in [1.29, 1.82) is 0 Å². The van der Waals surface area contributed by atoms with Crippen molar-refractivity contribution in [2.75, 3.05) is 11.9 Å². The summed E-state index contributed by atoms with van der Waals surface area (Å²) < 4.78 is 5.23. The van der Waals surface area contributed by atoms with Gasteiger partial charge >= 0.3 is 0 Å². The number of amides is 1. The van der Waals surface area contributed by atoms with Gasteiger partial charge in [0.15, 0.2) is 5.82 Å². The van der Waals surface area contributed by atoms with Crippen LogP contribution in [0.25, 0.3) is 11.4 Å². The smallest absolute Gasteiger partial charge is 0.255 e. The zero-order chi connectivity index (χ0) is 15.2. The highest BCUT2D eigenvalue weighted by atomic mass is 16.5. The number of carbonyl (C=O) groups excluding carboxylic acids is 1. The molecule has 1 aromatic carbocycles. The number of hydrogen-bond donors (Lipinski definition) is 2. The minimum atomic E-state index is -0.593. The van der Waals surface area contributed by atoms with Crippen LogP contribution in [0.2, 0.25) is 0 Å². The number of nitrogens with one attached hydrogen (secondary N) is 2. The number of hydrogen-bond acceptors (Lipinski definition) is 4. The molecule has 110 valence electrons. The first-order chi connectivity index (χ1) is 10.1. The van der Waals surface area contributed by atoms with Crippen molar-refractivity contribution in [1.82, 2.24) is 15.2 Å². The number of aryl methyl sites for hydroxylation is 1. The monoisotopic (exact) mass is 286 g/mol. The maximum atomic E-state index is 11.8. The Morgan fingerprint density at radius 2 is 2.19 bits per heavy atom. The third kappa shape index (κ3) is 4.00. The van der Waals surface area contributed by atoms with Crippen molar-refractivity contribution in [3.63, 3.8) is 0 Å². The van der Waals surface area contributed by atoms with Crippen molar-refractivity contribution in [3.05, 3.63) is 42.5 Å². The highest BCUT2D eigenvalue weighted by molar-refractivity contribution is 5.92. The highest BCUT2D eigenvalue weighted by Crippen LogP contribution is 2.16. The van der Waals surface area contributed by atoms with Gasteiger partial charge in [-0.1, -0.05) is 35.9 Å². The van der Waals surface area contributed by atoms with E-state index in [4.69, 9.17) is 4.74 Å². The molecule has 2 rings (SSSR count). The molecule has 6 heteroatoms. The minimum absolute atomic E-state index is 0.227. The van der Waals surface area contributed by atoms with E-state index in [-0.39, 0.29) is 11.9 Å². The Balaban J connectivity index is 2.01. The summed E-state index contributed by atoms with van der Waals surface area (Å²) in [6.07, 6.45) is 0.996. The van der Waals surface area contributed by atoms with E-state index in [9.17, 15) is 4.79 Å². The van der Waals surface area contributed by atoms with Gasteiger partial charge in [0.1, 0.15) is 6.10 Å². The lowest BCUT2D eigenvalue weighted by Gasteiger charge is -2.09. The van der Waals surface area contributed by atoms with Crippen LogP contribution in [0.15, 0.2) is 36.9 Å². The first-order valence-corrected chi connectivity index (χ1v) is 6.63. The largest absolute Gasteiger partial charge is 0.365 e. The Morgan fingerprint density at radius 1 is 1.48 bits per heavy atom. The molecule has 0 fully saturated rings. The maximum Gasteiger partial charge on any atom is 0.255 e. The highest BCUT2D eigenvalue weighted by Gasteiger charge is 2.15. The van der Waals surface area contributed by atoms with Gasteiger partial charge in [0, 0.05) is 5.56 Å². The Labute approximate surface area is 123 Å². The normalized spacial score (nSPS) is 11.9. The summed E-state index contributed by atoms with van der Waals surface area (Å²) >= 11 is 0. The fourth-order valence-electron chi connectivity index (χ4n) is 1.66. The van der Waals surface area contributed by atoms with E-state index in [1.165, 1.54) is 5.56 Å². The van der Waals surface area contributed by atoms with Crippen molar-refractivity contribution >= 4 is 11.9 Å². The molecule has 1 aromatic heterocycles. The van der Waals surface area contributed by atoms with E-state index < -0.39 is 6.10 Å². The zero-order valence-corrected chi connectivity index (χ0v) is 12.1. The summed E-state index contributed by atoms with van der Waals surface area (Å²) in [5.41, 5.74) is 2.07. The molecule has 0 aliphatic carbocycles. The van der Waals surface area contributed by atoms with Crippen molar-refractivity contribution in [2.45, 2.75) is 20.0 Å². The van der Waals surface area contributed by atoms with E-state index in [2.05, 4.69) is 27.1 Å². The second-order valence-corrected chi connectivity index (χ2v) is 4.63. The quantitative estimate of drug-likeness (QED) is 0.799. The van der Waals surface area contributed by atoms with Crippen LogP contribution < -0.4 is 5.32 Å². The third-order valence-electron chi connectivity index (χ3n) is 2.88. The molecule has 2 aromatic rings. The second-order valence-electron chi connectivity index (χ2n) is 4.63. The van der Waals surface area contributed by atoms with Crippen molar-refractivity contribution in [2.24, 2.45) is 0 Å². The molecule has 0 radical (unpaired) electrons. The van der Waals surface area contributed by atoms with Gasteiger partial charge in [0.2, 0.25) is 5.95 Å². The molecule has 2 N–H and O–H groups in total. The molecule has 1 unspecified atom stereocenters. The van der Waals surface area contributed by atoms with Crippen LogP contribution in [0, 0.1) is 6.92 Å². The first kappa shape index (κ1) is 14.9. The topological polar surface area (TPSA) is 79.9 Å². The number of carbonyl (C=O) groups is 1. The number of benzene rings is 1. The van der Waals surface area contributed by atoms with Crippen LogP contribution in [0.5, 0.6) is 0 Å². The van der Waals surface area contributed by atoms with Gasteiger partial charge in [0.25, 0.3) is 5.91 Å². The molecule has 6 nitrogen and oxygen atoms in total. The molecular weight excluding hydrogens is 268 g/mol. The standard InChI is InChI=1S/C15H18N4O2/c1-4-9-21-11(3)14(20)17-15-16-13(18-19-15)12-7-5-10(2)6-8-12/h4-8,11H,1,9H2,2-3H3,(H2,16,17,18,19,20). The summed E-state index contributed by atoms with van der Waals surface area (Å²) in [7, 11) is 0. The molecule has 1 heterocycles. The predicted molar refractivity (Wildman–Crippen MR) is 80.8 cm³/mol. The SMILES string of the molecule is C=CCOC(C)C(=O)Nc1n[nH]c(-c2ccc(C)cc2)n1. The van der Waals surface area contributed by atoms with Crippen molar-refractivity contribution < 1.29 is 9.53 Å². The summed E-state index contributed by atoms with van der Waals surface area (Å²) in [5, 5.41) is 9.37. The van der Waals surface area contributed by atoms with Crippen LogP contribution in [0.4, 0.5) is 5.95 Å². The summed E-state index contributed by atoms with van der Waals surface area (Å²) in [5.74, 6) is 0.529. The average Bonchev–Trinajstić information content (AvgIpc) is 2.93. The number of rotatable bonds is 6. The molecule has 0 saturated heterocycles. The van der Waals surface area contributed by atoms with Gasteiger partial charge in [-0.15, -0.1) is 11.7 Å². The lowest BCUT2D eigenvalue weighted by atomic mass is 10.1. The molecule has 0 aliphatic heterocycles. The zero-order valence-electron chi connectivity index (χ0n) is 12.1. The molecule has 0 spiro atoms. The first-order valence-electron chi connectivity index (χ1n) is 6.63. The number of aromatic nitrogens is 3. The molecule has 0 saturated carbocycles. The summed E-state index contributed by atoms with van der Waals surface area (Å²) in [4.78, 5) is 16.1. The molecular formula is C15H18N4O2. The molecule has 21 heavy (non-hydrogen) atoms. The van der Waals surface area contributed by atoms with Gasteiger partial charge < -0.3 is 4.74 Å². The second kappa shape index (κ2) is 6.81. The molecule has 0 bridgehead atoms. The fourth-order valence-corrected chi connectivity index (χ4v) is 1.66. The maximum absolute atomic E-state index is 11.8. The van der Waals surface area contributed by atoms with Crippen LogP contribution in [0.1, 0.15) is 12.5 Å². The fraction of sp³-hybridized carbons (Fsp3) is 0.267. The Morgan fingerprint density at radius 3 is 2.86 bits per heavy atom. The van der Waals surface area contributed by atoms with Crippen LogP contribution >= 0.6 is 0 Å². The van der Waals surface area contributed by atoms with E-state index in [0.29, 0.717) is 12.4 Å². The van der Waals surface area contributed by atoms with E-state index in [1.807, 2.05) is 31.2 Å². The Bertz CT molecular complexity index is 619. The third-order valence-corrected chi connectivity index (χ3v) is 2.88. The van der Waals surface area contributed by atoms with Crippen LogP contribution in [-0.2, 0) is 9.53 Å². The predicted octanol–water partition coefficient (Wildman–Crippen LogP) is 2.31. The van der Waals surface area contributed by atoms with Gasteiger partial charge in [0.05, 0.1) is 6.61 Å². The van der Waals surface area contributed by atoms with Crippen LogP contribution in [0.3, 0.4) is 0 Å². The van der Waals surface area contributed by atoms with E-state index in [0.717, 1.165) is 5.56 Å². The molecule has 1 atom stereocenters. The van der Waals surface area contributed by atoms with E-state index >= 15 is 0 Å². The van der Waals surface area contributed by atoms with Gasteiger partial charge in [-0.05, 0) is 13.8 Å². The van der Waals surface area contributed by atoms with Crippen molar-refractivity contribution in [3.8, 4) is 11.4 Å². The number of aromatic amines is 1. The average molecular weight is 286 g/mol. The van der Waals surface area contributed by atoms with Gasteiger partial charge in [-0.2, -0.15) is 4.98 Å². The van der Waals surface area contributed by atoms with Crippen LogP contribution in [-0.4, -0.2) is 33.8 Å². The number of H-pyrrole nitrogens is 1. The van der Waals surface area contributed by atoms with Gasteiger partial charge in [-0.25, -0.2) is 0 Å². The lowest BCUT2D eigenvalue weighted by Crippen LogP contribution is -2.28. The summed E-state index contributed by atoms with van der Waals surface area (Å²) in [6.45, 7) is 7.52. The van der Waals surface area contributed by atoms with Gasteiger partial charge in [-0.3, -0.25) is 15.2 Å². The molecule has 1 amide bonds. The minimum Gasteiger partial charge on any atom is -0.365 e. The number of nitrogens with zero attached hydrogens (tertiary/aromatic N) is 2.